The third-order valence-corrected chi connectivity index (χ3v) is 8.97. The minimum absolute atomic E-state index is 0.0503. The molecule has 1 N–H and O–H groups in total. The Morgan fingerprint density at radius 1 is 0.925 bits per heavy atom. The molecule has 0 saturated heterocycles. The number of aryl methyl sites for hydroxylation is 2. The van der Waals surface area contributed by atoms with Crippen molar-refractivity contribution in [2.75, 3.05) is 17.4 Å². The van der Waals surface area contributed by atoms with Gasteiger partial charge >= 0.3 is 0 Å². The fraction of sp³-hybridized carbons (Fsp3) is 0.355. The van der Waals surface area contributed by atoms with Gasteiger partial charge in [0.25, 0.3) is 10.0 Å². The lowest BCUT2D eigenvalue weighted by Gasteiger charge is -2.32. The molecule has 3 aromatic rings. The molecule has 3 aromatic carbocycles. The summed E-state index contributed by atoms with van der Waals surface area (Å²) in [5, 5.41) is 3.34. The second-order valence-corrected chi connectivity index (χ2v) is 12.0. The van der Waals surface area contributed by atoms with Crippen LogP contribution in [0.2, 0.25) is 5.02 Å². The number of carbonyl (C=O) groups is 2. The van der Waals surface area contributed by atoms with Crippen LogP contribution in [0.5, 0.6) is 0 Å². The number of benzene rings is 3. The van der Waals surface area contributed by atoms with E-state index in [2.05, 4.69) is 5.32 Å². The van der Waals surface area contributed by atoms with Gasteiger partial charge in [0.15, 0.2) is 0 Å². The zero-order chi connectivity index (χ0) is 29.3. The monoisotopic (exact) mass is 583 g/mol. The van der Waals surface area contributed by atoms with Gasteiger partial charge in [-0.05, 0) is 62.1 Å². The van der Waals surface area contributed by atoms with Crippen LogP contribution in [0.3, 0.4) is 0 Å². The van der Waals surface area contributed by atoms with Gasteiger partial charge in [0.2, 0.25) is 11.8 Å². The lowest BCUT2D eigenvalue weighted by Crippen LogP contribution is -2.51. The summed E-state index contributed by atoms with van der Waals surface area (Å²) in [6, 6.07) is 19.9. The predicted molar refractivity (Wildman–Crippen MR) is 161 cm³/mol. The van der Waals surface area contributed by atoms with E-state index in [9.17, 15) is 18.0 Å². The molecular weight excluding hydrogens is 546 g/mol. The molecule has 9 heteroatoms. The quantitative estimate of drug-likeness (QED) is 0.260. The number of sulfonamides is 1. The van der Waals surface area contributed by atoms with Crippen molar-refractivity contribution in [3.8, 4) is 0 Å². The highest BCUT2D eigenvalue weighted by Gasteiger charge is 2.33. The van der Waals surface area contributed by atoms with Crippen LogP contribution in [0, 0.1) is 6.92 Å². The minimum Gasteiger partial charge on any atom is -0.354 e. The maximum Gasteiger partial charge on any atom is 0.264 e. The van der Waals surface area contributed by atoms with Gasteiger partial charge in [0, 0.05) is 18.1 Å². The van der Waals surface area contributed by atoms with E-state index < -0.39 is 28.5 Å². The Kier molecular flexibility index (Phi) is 11.2. The molecule has 0 spiro atoms. The van der Waals surface area contributed by atoms with Crippen molar-refractivity contribution < 1.29 is 18.0 Å². The summed E-state index contributed by atoms with van der Waals surface area (Å²) in [5.41, 5.74) is 2.79. The van der Waals surface area contributed by atoms with Crippen LogP contribution in [0.15, 0.2) is 77.7 Å². The Bertz CT molecular complexity index is 1410. The molecule has 0 radical (unpaired) electrons. The number of rotatable bonds is 13. The fourth-order valence-corrected chi connectivity index (χ4v) is 5.98. The number of unbranched alkanes of at least 4 members (excludes halogenated alkanes) is 1. The first-order chi connectivity index (χ1) is 19.1. The van der Waals surface area contributed by atoms with Crippen molar-refractivity contribution in [3.05, 3.63) is 94.5 Å². The smallest absolute Gasteiger partial charge is 0.264 e. The second kappa shape index (κ2) is 14.3. The average Bonchev–Trinajstić information content (AvgIpc) is 2.95. The van der Waals surface area contributed by atoms with E-state index in [1.165, 1.54) is 4.90 Å². The normalized spacial score (nSPS) is 12.0. The number of carbonyl (C=O) groups excluding carboxylic acids is 2. The first-order valence-electron chi connectivity index (χ1n) is 13.6. The van der Waals surface area contributed by atoms with Gasteiger partial charge in [-0.3, -0.25) is 13.9 Å². The number of nitrogens with zero attached hydrogens (tertiary/aromatic N) is 2. The molecule has 0 aromatic heterocycles. The lowest BCUT2D eigenvalue weighted by atomic mass is 10.1. The highest BCUT2D eigenvalue weighted by Crippen LogP contribution is 2.28. The Hall–Kier alpha value is -3.36. The van der Waals surface area contributed by atoms with E-state index in [-0.39, 0.29) is 17.3 Å². The molecule has 0 saturated carbocycles. The van der Waals surface area contributed by atoms with Gasteiger partial charge in [0.1, 0.15) is 12.6 Å². The fourth-order valence-electron chi connectivity index (χ4n) is 4.33. The molecular formula is C31H38ClN3O4S. The number of hydrogen-bond acceptors (Lipinski definition) is 4. The van der Waals surface area contributed by atoms with Crippen molar-refractivity contribution in [2.45, 2.75) is 64.4 Å². The van der Waals surface area contributed by atoms with Crippen LogP contribution < -0.4 is 9.62 Å². The highest BCUT2D eigenvalue weighted by molar-refractivity contribution is 7.92. The molecule has 2 amide bonds. The van der Waals surface area contributed by atoms with Crippen molar-refractivity contribution in [2.24, 2.45) is 0 Å². The van der Waals surface area contributed by atoms with E-state index in [0.29, 0.717) is 29.2 Å². The van der Waals surface area contributed by atoms with Gasteiger partial charge < -0.3 is 10.2 Å². The number of halogens is 1. The highest BCUT2D eigenvalue weighted by atomic mass is 35.5. The Morgan fingerprint density at radius 2 is 1.55 bits per heavy atom. The molecule has 0 unspecified atom stereocenters. The Labute approximate surface area is 243 Å². The molecule has 0 fully saturated rings. The SMILES string of the molecule is CCCCNC(=O)[C@@H](C)N(Cc1ccccc1Cl)C(=O)CN(c1ccccc1CC)S(=O)(=O)c1ccc(C)cc1. The van der Waals surface area contributed by atoms with Gasteiger partial charge in [-0.2, -0.15) is 0 Å². The molecule has 0 heterocycles. The summed E-state index contributed by atoms with van der Waals surface area (Å²) < 4.78 is 29.2. The molecule has 214 valence electrons. The molecule has 0 aliphatic heterocycles. The molecule has 0 bridgehead atoms. The van der Waals surface area contributed by atoms with Crippen molar-refractivity contribution in [1.82, 2.24) is 10.2 Å². The topological polar surface area (TPSA) is 86.8 Å². The summed E-state index contributed by atoms with van der Waals surface area (Å²) in [6.07, 6.45) is 2.30. The van der Waals surface area contributed by atoms with Gasteiger partial charge in [-0.25, -0.2) is 8.42 Å². The van der Waals surface area contributed by atoms with E-state index in [0.717, 1.165) is 28.3 Å². The van der Waals surface area contributed by atoms with E-state index in [4.69, 9.17) is 11.6 Å². The summed E-state index contributed by atoms with van der Waals surface area (Å²) in [4.78, 5) is 28.6. The number of hydrogen-bond donors (Lipinski definition) is 1. The van der Waals surface area contributed by atoms with Gasteiger partial charge in [-0.1, -0.05) is 86.0 Å². The molecule has 1 atom stereocenters. The van der Waals surface area contributed by atoms with Crippen LogP contribution in [-0.2, 0) is 32.6 Å². The summed E-state index contributed by atoms with van der Waals surface area (Å²) in [5.74, 6) is -0.824. The molecule has 0 aliphatic rings. The van der Waals surface area contributed by atoms with Crippen LogP contribution in [0.25, 0.3) is 0 Å². The number of anilines is 1. The standard InChI is InChI=1S/C31H38ClN3O4S/c1-5-7-20-33-31(37)24(4)34(21-26-13-8-10-14-28(26)32)30(36)22-35(29-15-11-9-12-25(29)6-2)40(38,39)27-18-16-23(3)17-19-27/h8-19,24H,5-7,20-22H2,1-4H3,(H,33,37)/t24-/m1/s1. The Morgan fingerprint density at radius 3 is 2.17 bits per heavy atom. The van der Waals surface area contributed by atoms with Gasteiger partial charge in [-0.15, -0.1) is 0 Å². The molecule has 40 heavy (non-hydrogen) atoms. The first kappa shape index (κ1) is 31.2. The first-order valence-corrected chi connectivity index (χ1v) is 15.4. The minimum atomic E-state index is -4.12. The Balaban J connectivity index is 2.05. The number of amides is 2. The zero-order valence-electron chi connectivity index (χ0n) is 23.6. The van der Waals surface area contributed by atoms with Crippen molar-refractivity contribution in [1.29, 1.82) is 0 Å². The largest absolute Gasteiger partial charge is 0.354 e. The van der Waals surface area contributed by atoms with Crippen molar-refractivity contribution >= 4 is 39.1 Å². The van der Waals surface area contributed by atoms with E-state index >= 15 is 0 Å². The zero-order valence-corrected chi connectivity index (χ0v) is 25.1. The maximum absolute atomic E-state index is 14.0. The maximum atomic E-state index is 14.0. The second-order valence-electron chi connectivity index (χ2n) is 9.74. The lowest BCUT2D eigenvalue weighted by molar-refractivity contribution is -0.139. The van der Waals surface area contributed by atoms with Crippen LogP contribution in [0.4, 0.5) is 5.69 Å². The number of nitrogens with one attached hydrogen (secondary N) is 1. The van der Waals surface area contributed by atoms with E-state index in [1.807, 2.05) is 39.0 Å². The summed E-state index contributed by atoms with van der Waals surface area (Å²) >= 11 is 6.42. The molecule has 7 nitrogen and oxygen atoms in total. The summed E-state index contributed by atoms with van der Waals surface area (Å²) in [7, 11) is -4.12. The van der Waals surface area contributed by atoms with Crippen LogP contribution in [-0.4, -0.2) is 44.3 Å². The third kappa shape index (κ3) is 7.64. The van der Waals surface area contributed by atoms with Gasteiger partial charge in [0.05, 0.1) is 10.6 Å². The van der Waals surface area contributed by atoms with Crippen LogP contribution in [0.1, 0.15) is 50.3 Å². The van der Waals surface area contributed by atoms with Crippen molar-refractivity contribution in [3.63, 3.8) is 0 Å². The third-order valence-electron chi connectivity index (χ3n) is 6.82. The molecule has 3 rings (SSSR count). The predicted octanol–water partition coefficient (Wildman–Crippen LogP) is 5.74. The molecule has 0 aliphatic carbocycles. The van der Waals surface area contributed by atoms with E-state index in [1.54, 1.807) is 61.5 Å². The number of para-hydroxylation sites is 1. The average molecular weight is 584 g/mol. The summed E-state index contributed by atoms with van der Waals surface area (Å²) in [6.45, 7) is 7.55. The van der Waals surface area contributed by atoms with Crippen LogP contribution >= 0.6 is 11.6 Å².